The molecule has 0 rings (SSSR count). The summed E-state index contributed by atoms with van der Waals surface area (Å²) in [5.41, 5.74) is 7.92. The van der Waals surface area contributed by atoms with Crippen LogP contribution in [0.2, 0.25) is 0 Å². The largest absolute Gasteiger partial charge is 0.396 e. The summed E-state index contributed by atoms with van der Waals surface area (Å²) in [5, 5.41) is 19.4. The van der Waals surface area contributed by atoms with Gasteiger partial charge in [0.25, 0.3) is 0 Å². The minimum atomic E-state index is -0.739. The first-order chi connectivity index (χ1) is 4.76. The van der Waals surface area contributed by atoms with Gasteiger partial charge in [0.1, 0.15) is 0 Å². The Bertz CT molecular complexity index is 136. The second-order valence-electron chi connectivity index (χ2n) is 1.65. The molecule has 0 aliphatic heterocycles. The molecule has 0 aliphatic rings. The van der Waals surface area contributed by atoms with E-state index in [1.54, 1.807) is 0 Å². The number of nitrogens with zero attached hydrogens (tertiary/aromatic N) is 3. The van der Waals surface area contributed by atoms with Crippen LogP contribution in [0.25, 0.3) is 10.4 Å². The van der Waals surface area contributed by atoms with Gasteiger partial charge >= 0.3 is 0 Å². The molecule has 0 spiro atoms. The number of alkyl halides is 1. The summed E-state index contributed by atoms with van der Waals surface area (Å²) in [7, 11) is 0. The molecular weight excluding hydrogens is 158 g/mol. The number of hydrogen-bond acceptors (Lipinski definition) is 3. The second kappa shape index (κ2) is 5.32. The van der Waals surface area contributed by atoms with E-state index in [1.807, 2.05) is 0 Å². The van der Waals surface area contributed by atoms with Gasteiger partial charge in [-0.15, -0.1) is 11.6 Å². The van der Waals surface area contributed by atoms with E-state index in [1.165, 1.54) is 0 Å². The summed E-state index contributed by atoms with van der Waals surface area (Å²) in [6.45, 7) is -0.662. The van der Waals surface area contributed by atoms with Crippen molar-refractivity contribution >= 4 is 11.6 Å². The molecule has 2 N–H and O–H groups in total. The molecule has 0 saturated carbocycles. The first-order valence-electron chi connectivity index (χ1n) is 2.66. The lowest BCUT2D eigenvalue weighted by molar-refractivity contribution is 0.224. The lowest BCUT2D eigenvalue weighted by Gasteiger charge is -2.10. The van der Waals surface area contributed by atoms with Gasteiger partial charge in [0.2, 0.25) is 0 Å². The molecule has 0 bridgehead atoms. The van der Waals surface area contributed by atoms with Crippen LogP contribution in [0.5, 0.6) is 0 Å². The molecular formula is C4H8ClN3O2. The number of aliphatic hydroxyl groups is 2. The van der Waals surface area contributed by atoms with Crippen molar-refractivity contribution in [2.24, 2.45) is 5.11 Å². The number of halogens is 1. The topological polar surface area (TPSA) is 89.2 Å². The van der Waals surface area contributed by atoms with E-state index in [2.05, 4.69) is 10.0 Å². The summed E-state index contributed by atoms with van der Waals surface area (Å²) in [6, 6.07) is -0.739. The molecule has 10 heavy (non-hydrogen) atoms. The summed E-state index contributed by atoms with van der Waals surface area (Å²) < 4.78 is 0. The molecule has 0 aromatic rings. The first kappa shape index (κ1) is 9.52. The van der Waals surface area contributed by atoms with Crippen molar-refractivity contribution in [1.29, 1.82) is 0 Å². The molecule has 0 fully saturated rings. The van der Waals surface area contributed by atoms with Crippen molar-refractivity contribution in [2.75, 3.05) is 13.2 Å². The molecule has 0 aromatic heterocycles. The Morgan fingerprint density at radius 2 is 2.10 bits per heavy atom. The van der Waals surface area contributed by atoms with Crippen LogP contribution in [0.4, 0.5) is 0 Å². The highest BCUT2D eigenvalue weighted by Gasteiger charge is 2.15. The highest BCUT2D eigenvalue weighted by molar-refractivity contribution is 6.21. The van der Waals surface area contributed by atoms with E-state index >= 15 is 0 Å². The number of rotatable bonds is 4. The quantitative estimate of drug-likeness (QED) is 0.271. The van der Waals surface area contributed by atoms with Crippen molar-refractivity contribution in [2.45, 2.75) is 11.4 Å². The summed E-state index contributed by atoms with van der Waals surface area (Å²) >= 11 is 5.44. The lowest BCUT2D eigenvalue weighted by Crippen LogP contribution is -2.25. The zero-order valence-corrected chi connectivity index (χ0v) is 5.94. The Kier molecular flexibility index (Phi) is 5.06. The van der Waals surface area contributed by atoms with Crippen LogP contribution in [0.3, 0.4) is 0 Å². The van der Waals surface area contributed by atoms with Crippen molar-refractivity contribution in [1.82, 2.24) is 0 Å². The SMILES string of the molecule is [N-]=[N+]=NC(CO)C(Cl)CO. The monoisotopic (exact) mass is 165 g/mol. The Balaban J connectivity index is 3.91. The van der Waals surface area contributed by atoms with Crippen LogP contribution in [-0.2, 0) is 0 Å². The normalized spacial score (nSPS) is 15.5. The average Bonchev–Trinajstić information content (AvgIpc) is 1.99. The highest BCUT2D eigenvalue weighted by Crippen LogP contribution is 2.05. The maximum atomic E-state index is 8.50. The Hall–Kier alpha value is -0.480. The fraction of sp³-hybridized carbons (Fsp3) is 1.00. The van der Waals surface area contributed by atoms with Crippen LogP contribution >= 0.6 is 11.6 Å². The molecule has 0 heterocycles. The van der Waals surface area contributed by atoms with Gasteiger partial charge in [-0.2, -0.15) is 0 Å². The average molecular weight is 166 g/mol. The third-order valence-electron chi connectivity index (χ3n) is 0.979. The summed E-state index contributed by atoms with van der Waals surface area (Å²) in [4.78, 5) is 2.45. The van der Waals surface area contributed by atoms with E-state index in [0.29, 0.717) is 0 Å². The Morgan fingerprint density at radius 1 is 1.50 bits per heavy atom. The second-order valence-corrected chi connectivity index (χ2v) is 2.21. The molecule has 6 heteroatoms. The van der Waals surface area contributed by atoms with Gasteiger partial charge in [0.15, 0.2) is 0 Å². The highest BCUT2D eigenvalue weighted by atomic mass is 35.5. The van der Waals surface area contributed by atoms with Crippen LogP contribution < -0.4 is 0 Å². The fourth-order valence-corrected chi connectivity index (χ4v) is 0.541. The maximum absolute atomic E-state index is 8.50. The molecule has 5 nitrogen and oxygen atoms in total. The molecule has 0 radical (unpaired) electrons. The van der Waals surface area contributed by atoms with Gasteiger partial charge in [-0.25, -0.2) is 0 Å². The predicted octanol–water partition coefficient (Wildman–Crippen LogP) is 0.257. The maximum Gasteiger partial charge on any atom is 0.0791 e. The smallest absolute Gasteiger partial charge is 0.0791 e. The third-order valence-corrected chi connectivity index (χ3v) is 1.41. The van der Waals surface area contributed by atoms with Gasteiger partial charge in [-0.3, -0.25) is 0 Å². The molecule has 0 aliphatic carbocycles. The standard InChI is InChI=1S/C4H8ClN3O2/c5-3(1-9)4(2-10)7-8-6/h3-4,9-10H,1-2H2. The zero-order chi connectivity index (χ0) is 7.98. The molecule has 0 amide bonds. The van der Waals surface area contributed by atoms with E-state index in [4.69, 9.17) is 27.3 Å². The van der Waals surface area contributed by atoms with Crippen LogP contribution in [-0.4, -0.2) is 34.8 Å². The van der Waals surface area contributed by atoms with Crippen LogP contribution in [0.15, 0.2) is 5.11 Å². The van der Waals surface area contributed by atoms with Crippen molar-refractivity contribution in [3.8, 4) is 0 Å². The Morgan fingerprint density at radius 3 is 2.40 bits per heavy atom. The molecule has 58 valence electrons. The van der Waals surface area contributed by atoms with E-state index < -0.39 is 11.4 Å². The molecule has 2 atom stereocenters. The minimum absolute atomic E-state index is 0.314. The number of hydrogen-bond donors (Lipinski definition) is 2. The Labute approximate surface area is 62.9 Å². The van der Waals surface area contributed by atoms with Gasteiger partial charge in [0.05, 0.1) is 24.6 Å². The van der Waals surface area contributed by atoms with E-state index in [9.17, 15) is 0 Å². The first-order valence-corrected chi connectivity index (χ1v) is 3.10. The molecule has 0 aromatic carbocycles. The van der Waals surface area contributed by atoms with Gasteiger partial charge in [0, 0.05) is 4.91 Å². The minimum Gasteiger partial charge on any atom is -0.396 e. The number of aliphatic hydroxyl groups excluding tert-OH is 2. The van der Waals surface area contributed by atoms with E-state index in [-0.39, 0.29) is 13.2 Å². The third kappa shape index (κ3) is 2.89. The fourth-order valence-electron chi connectivity index (χ4n) is 0.411. The zero-order valence-electron chi connectivity index (χ0n) is 5.18. The van der Waals surface area contributed by atoms with Crippen molar-refractivity contribution in [3.05, 3.63) is 10.4 Å². The van der Waals surface area contributed by atoms with Crippen molar-refractivity contribution in [3.63, 3.8) is 0 Å². The van der Waals surface area contributed by atoms with Crippen molar-refractivity contribution < 1.29 is 10.2 Å². The van der Waals surface area contributed by atoms with Crippen LogP contribution in [0, 0.1) is 0 Å². The summed E-state index contributed by atoms with van der Waals surface area (Å²) in [5.74, 6) is 0. The van der Waals surface area contributed by atoms with Gasteiger partial charge < -0.3 is 10.2 Å². The number of azide groups is 1. The van der Waals surface area contributed by atoms with Gasteiger partial charge in [-0.1, -0.05) is 5.11 Å². The summed E-state index contributed by atoms with van der Waals surface area (Å²) in [6.07, 6.45) is 0. The van der Waals surface area contributed by atoms with Gasteiger partial charge in [-0.05, 0) is 5.53 Å². The van der Waals surface area contributed by atoms with Crippen LogP contribution in [0.1, 0.15) is 0 Å². The lowest BCUT2D eigenvalue weighted by atomic mass is 10.2. The molecule has 0 saturated heterocycles. The predicted molar refractivity (Wildman–Crippen MR) is 36.7 cm³/mol. The molecule has 2 unspecified atom stereocenters. The van der Waals surface area contributed by atoms with E-state index in [0.717, 1.165) is 0 Å².